The smallest absolute Gasteiger partial charge is 0.547 e. The number of aliphatic hydroxyl groups is 3. The van der Waals surface area contributed by atoms with E-state index in [1.807, 2.05) is 0 Å². The first-order valence-electron chi connectivity index (χ1n) is 13.6. The second-order valence-electron chi connectivity index (χ2n) is 11.0. The van der Waals surface area contributed by atoms with Gasteiger partial charge in [-0.3, -0.25) is 0 Å². The number of hydrogen-bond acceptors (Lipinski definition) is 10. The first-order chi connectivity index (χ1) is 17.8. The first-order valence-corrected chi connectivity index (χ1v) is 12.1. The van der Waals surface area contributed by atoms with Gasteiger partial charge in [-0.15, -0.1) is 0 Å². The van der Waals surface area contributed by atoms with E-state index < -0.39 is 54.6 Å². The molecule has 2 saturated heterocycles. The van der Waals surface area contributed by atoms with Crippen molar-refractivity contribution in [2.75, 3.05) is 7.04 Å². The number of rotatable bonds is 5. The number of carboxylic acid groups (broad SMARTS) is 1. The second kappa shape index (κ2) is 9.15. The van der Waals surface area contributed by atoms with Crippen molar-refractivity contribution in [1.82, 2.24) is 0 Å². The summed E-state index contributed by atoms with van der Waals surface area (Å²) in [5.74, 6) is -2.26. The van der Waals surface area contributed by atoms with Crippen LogP contribution >= 0.6 is 0 Å². The van der Waals surface area contributed by atoms with Gasteiger partial charge >= 0.3 is 29.6 Å². The minimum absolute atomic E-state index is 0. The molecule has 192 valence electrons. The number of aliphatic carboxylic acids is 1. The Bertz CT molecular complexity index is 1090. The summed E-state index contributed by atoms with van der Waals surface area (Å²) in [5.41, 5.74) is -3.01. The van der Waals surface area contributed by atoms with Crippen LogP contribution in [0.4, 0.5) is 0 Å². The summed E-state index contributed by atoms with van der Waals surface area (Å²) in [7, 11) is -2.82. The van der Waals surface area contributed by atoms with Crippen LogP contribution in [0.3, 0.4) is 0 Å². The molecule has 10 nitrogen and oxygen atoms in total. The number of benzene rings is 1. The fraction of sp³-hybridized carbons (Fsp3) is 0.720. The van der Waals surface area contributed by atoms with Gasteiger partial charge in [0.2, 0.25) is 6.29 Å². The van der Waals surface area contributed by atoms with Crippen LogP contribution in [-0.2, 0) is 29.8 Å². The van der Waals surface area contributed by atoms with Crippen LogP contribution in [0.1, 0.15) is 48.7 Å². The van der Waals surface area contributed by atoms with Crippen LogP contribution in [0.5, 0.6) is 5.75 Å². The van der Waals surface area contributed by atoms with E-state index in [0.29, 0.717) is 17.4 Å². The molecule has 2 heterocycles. The molecule has 7 rings (SSSR count). The van der Waals surface area contributed by atoms with E-state index in [2.05, 4.69) is 0 Å². The summed E-state index contributed by atoms with van der Waals surface area (Å²) in [6.07, 6.45) is -2.65. The number of carboxylic acids is 1. The average Bonchev–Trinajstić information content (AvgIpc) is 2.81. The van der Waals surface area contributed by atoms with Crippen molar-refractivity contribution in [3.8, 4) is 5.75 Å². The zero-order valence-corrected chi connectivity index (χ0v) is 22.2. The zero-order valence-electron chi connectivity index (χ0n) is 23.2. The monoisotopic (exact) mass is 517 g/mol. The average molecular weight is 518 g/mol. The maximum absolute atomic E-state index is 11.5. The third-order valence-corrected chi connectivity index (χ3v) is 8.99. The topological polar surface area (TPSA) is 147 Å². The van der Waals surface area contributed by atoms with E-state index >= 15 is 0 Å². The first kappa shape index (κ1) is 23.1. The number of hydrogen-bond donors (Lipinski definition) is 3. The minimum atomic E-state index is -2.82. The van der Waals surface area contributed by atoms with Crippen molar-refractivity contribution >= 4 is 5.97 Å². The Kier molecular flexibility index (Phi) is 5.88. The van der Waals surface area contributed by atoms with Gasteiger partial charge in [-0.1, -0.05) is 12.1 Å². The number of aliphatic hydroxyl groups excluding tert-OH is 2. The third kappa shape index (κ3) is 3.57. The molecule has 4 bridgehead atoms. The van der Waals surface area contributed by atoms with E-state index in [1.165, 1.54) is 18.6 Å². The van der Waals surface area contributed by atoms with Crippen LogP contribution in [0.15, 0.2) is 24.3 Å². The van der Waals surface area contributed by atoms with Gasteiger partial charge in [0, 0.05) is 12.6 Å². The molecule has 6 atom stereocenters. The third-order valence-electron chi connectivity index (χ3n) is 8.99. The summed E-state index contributed by atoms with van der Waals surface area (Å²) < 4.78 is 40.5. The molecule has 11 heteroatoms. The Morgan fingerprint density at radius 2 is 1.81 bits per heavy atom. The molecule has 0 radical (unpaired) electrons. The molecule has 1 spiro atoms. The van der Waals surface area contributed by atoms with Crippen LogP contribution in [-0.4, -0.2) is 64.1 Å². The molecule has 4 saturated carbocycles. The maximum atomic E-state index is 11.5. The van der Waals surface area contributed by atoms with E-state index in [1.54, 1.807) is 12.1 Å². The number of carbonyl (C=O) groups is 1. The van der Waals surface area contributed by atoms with E-state index in [9.17, 15) is 25.2 Å². The zero-order chi connectivity index (χ0) is 27.3. The molecule has 6 aliphatic rings. The van der Waals surface area contributed by atoms with E-state index in [-0.39, 0.29) is 47.1 Å². The number of carbonyl (C=O) groups excluding carboxylic acids is 1. The largest absolute Gasteiger partial charge is 1.00 e. The van der Waals surface area contributed by atoms with Crippen molar-refractivity contribution in [2.24, 2.45) is 23.7 Å². The Labute approximate surface area is 235 Å². The maximum Gasteiger partial charge on any atom is 1.00 e. The van der Waals surface area contributed by atoms with Crippen molar-refractivity contribution < 1.29 is 82.9 Å². The van der Waals surface area contributed by atoms with Gasteiger partial charge in [-0.2, -0.15) is 4.89 Å². The molecule has 36 heavy (non-hydrogen) atoms. The Hall–Kier alpha value is -0.790. The molecule has 0 aromatic heterocycles. The summed E-state index contributed by atoms with van der Waals surface area (Å²) in [6.45, 7) is 1.01. The molecule has 3 N–H and O–H groups in total. The Morgan fingerprint density at radius 1 is 1.14 bits per heavy atom. The summed E-state index contributed by atoms with van der Waals surface area (Å²) in [6, 6.07) is 6.15. The van der Waals surface area contributed by atoms with Crippen LogP contribution in [0.25, 0.3) is 0 Å². The quantitative estimate of drug-likeness (QED) is 0.272. The van der Waals surface area contributed by atoms with Crippen molar-refractivity contribution in [3.05, 3.63) is 29.8 Å². The van der Waals surface area contributed by atoms with Gasteiger partial charge in [-0.05, 0) is 74.8 Å². The molecule has 6 fully saturated rings. The van der Waals surface area contributed by atoms with Gasteiger partial charge in [0.15, 0.2) is 5.60 Å². The minimum Gasteiger partial charge on any atom is -0.547 e. The number of ether oxygens (including phenoxy) is 3. The molecule has 4 aliphatic carbocycles. The van der Waals surface area contributed by atoms with Crippen molar-refractivity contribution in [2.45, 2.75) is 80.6 Å². The molecule has 1 aromatic rings. The molecule has 0 amide bonds. The van der Waals surface area contributed by atoms with Gasteiger partial charge in [0.25, 0.3) is 5.79 Å². The summed E-state index contributed by atoms with van der Waals surface area (Å²) >= 11 is 0. The van der Waals surface area contributed by atoms with E-state index in [0.717, 1.165) is 32.6 Å². The molecule has 1 aromatic carbocycles. The Morgan fingerprint density at radius 3 is 2.36 bits per heavy atom. The summed E-state index contributed by atoms with van der Waals surface area (Å²) in [4.78, 5) is 23.1. The molecular formula is C25H31NaO10. The van der Waals surface area contributed by atoms with E-state index in [4.69, 9.17) is 28.1 Å². The number of methoxy groups -OCH3 is 1. The fourth-order valence-corrected chi connectivity index (χ4v) is 7.50. The van der Waals surface area contributed by atoms with Crippen LogP contribution in [0, 0.1) is 23.7 Å². The second-order valence-corrected chi connectivity index (χ2v) is 11.0. The fourth-order valence-electron chi connectivity index (χ4n) is 7.50. The predicted octanol–water partition coefficient (Wildman–Crippen LogP) is -3.03. The van der Waals surface area contributed by atoms with Crippen LogP contribution in [0.2, 0.25) is 0 Å². The van der Waals surface area contributed by atoms with Crippen LogP contribution < -0.4 is 39.4 Å². The normalized spacial score (nSPS) is 50.4. The van der Waals surface area contributed by atoms with Crippen molar-refractivity contribution in [1.29, 1.82) is 0 Å². The van der Waals surface area contributed by atoms with Gasteiger partial charge < -0.3 is 39.4 Å². The van der Waals surface area contributed by atoms with Crippen molar-refractivity contribution in [3.63, 3.8) is 0 Å². The standard InChI is InChI=1S/C25H32O10.Na/c1-23(30)19(27)18(26)22(33-20(23)21(28)29)32-17-5-3-4-14(11-17)25(31-2)24(34-35-25)15-7-12-6-13(9-15)10-16(24)8-12;/h3-5,11-13,15-16,18-20,22,26-27,30H,6-10H2,1-2H3,(H,28,29);/q;+1/p-1/t12?,13?,15?,16?,18?,19-,20?,22-,23+,24?,25?;/m1./s1/i2D3;. The SMILES string of the molecule is [2H]C([2H])([2H])OC1(c2cccc(O[C@@H]3OC(C(=O)[O-])[C@@](C)(O)[C@H](O)C3O)c2)OOC12C1CC3CC(C1)CC2C3.[Na+]. The molecule has 3 unspecified atom stereocenters. The van der Waals surface area contributed by atoms with Gasteiger partial charge in [-0.25, -0.2) is 4.89 Å². The molecule has 2 aliphatic heterocycles. The summed E-state index contributed by atoms with van der Waals surface area (Å²) in [5, 5.41) is 42.7. The predicted molar refractivity (Wildman–Crippen MR) is 114 cm³/mol. The Balaban J connectivity index is 0.00000308. The van der Waals surface area contributed by atoms with Gasteiger partial charge in [0.1, 0.15) is 29.7 Å². The molecular weight excluding hydrogens is 483 g/mol. The van der Waals surface area contributed by atoms with Gasteiger partial charge in [0.05, 0.1) is 10.1 Å².